The number of hydrogen-bond acceptors (Lipinski definition) is 4. The number of aryl methyl sites for hydroxylation is 1. The van der Waals surface area contributed by atoms with Gasteiger partial charge in [-0.2, -0.15) is 0 Å². The molecule has 2 aromatic rings. The Balaban J connectivity index is 1.73. The van der Waals surface area contributed by atoms with Crippen molar-refractivity contribution in [3.8, 4) is 0 Å². The first kappa shape index (κ1) is 16.2. The number of benzene rings is 1. The minimum absolute atomic E-state index is 0.209. The van der Waals surface area contributed by atoms with Crippen LogP contribution in [0.25, 0.3) is 0 Å². The van der Waals surface area contributed by atoms with Gasteiger partial charge >= 0.3 is 5.97 Å². The van der Waals surface area contributed by atoms with Crippen LogP contribution >= 0.6 is 11.3 Å². The van der Waals surface area contributed by atoms with Crippen LogP contribution in [0.3, 0.4) is 0 Å². The SMILES string of the molecule is Cc1ccc(C(=O)OCC(=O)NC[C@H](C)c2ccccc2)s1. The smallest absolute Gasteiger partial charge is 0.348 e. The van der Waals surface area contributed by atoms with E-state index in [9.17, 15) is 9.59 Å². The summed E-state index contributed by atoms with van der Waals surface area (Å²) in [5, 5.41) is 2.78. The highest BCUT2D eigenvalue weighted by molar-refractivity contribution is 7.13. The van der Waals surface area contributed by atoms with Crippen LogP contribution < -0.4 is 5.32 Å². The molecule has 1 atom stereocenters. The maximum Gasteiger partial charge on any atom is 0.348 e. The maximum atomic E-state index is 11.7. The van der Waals surface area contributed by atoms with Gasteiger partial charge in [-0.25, -0.2) is 4.79 Å². The summed E-state index contributed by atoms with van der Waals surface area (Å²) in [5.74, 6) is -0.533. The Morgan fingerprint density at radius 3 is 2.55 bits per heavy atom. The molecule has 1 amide bonds. The van der Waals surface area contributed by atoms with Gasteiger partial charge in [-0.1, -0.05) is 37.3 Å². The van der Waals surface area contributed by atoms with E-state index in [-0.39, 0.29) is 18.4 Å². The second-order valence-electron chi connectivity index (χ2n) is 5.10. The third kappa shape index (κ3) is 4.70. The molecule has 2 rings (SSSR count). The highest BCUT2D eigenvalue weighted by Crippen LogP contribution is 2.16. The van der Waals surface area contributed by atoms with Crippen molar-refractivity contribution in [1.82, 2.24) is 5.32 Å². The van der Waals surface area contributed by atoms with Crippen LogP contribution in [0.2, 0.25) is 0 Å². The molecular weight excluding hydrogens is 298 g/mol. The standard InChI is InChI=1S/C17H19NO3S/c1-12(14-6-4-3-5-7-14)10-18-16(19)11-21-17(20)15-9-8-13(2)22-15/h3-9,12H,10-11H2,1-2H3,(H,18,19)/t12-/m0/s1. The molecule has 1 aromatic heterocycles. The molecule has 0 fully saturated rings. The lowest BCUT2D eigenvalue weighted by atomic mass is 10.0. The molecule has 116 valence electrons. The number of rotatable bonds is 6. The van der Waals surface area contributed by atoms with E-state index in [1.165, 1.54) is 11.3 Å². The van der Waals surface area contributed by atoms with Crippen molar-refractivity contribution in [1.29, 1.82) is 0 Å². The molecule has 4 nitrogen and oxygen atoms in total. The van der Waals surface area contributed by atoms with Crippen molar-refractivity contribution < 1.29 is 14.3 Å². The molecule has 0 unspecified atom stereocenters. The topological polar surface area (TPSA) is 55.4 Å². The number of esters is 1. The van der Waals surface area contributed by atoms with E-state index >= 15 is 0 Å². The van der Waals surface area contributed by atoms with Crippen LogP contribution in [0.4, 0.5) is 0 Å². The Morgan fingerprint density at radius 2 is 1.91 bits per heavy atom. The van der Waals surface area contributed by atoms with E-state index in [0.29, 0.717) is 11.4 Å². The largest absolute Gasteiger partial charge is 0.451 e. The first-order valence-corrected chi connectivity index (χ1v) is 7.93. The van der Waals surface area contributed by atoms with Crippen molar-refractivity contribution in [3.63, 3.8) is 0 Å². The first-order chi connectivity index (χ1) is 10.6. The maximum absolute atomic E-state index is 11.7. The molecule has 0 aliphatic rings. The quantitative estimate of drug-likeness (QED) is 0.833. The summed E-state index contributed by atoms with van der Waals surface area (Å²) in [7, 11) is 0. The lowest BCUT2D eigenvalue weighted by Crippen LogP contribution is -2.31. The summed E-state index contributed by atoms with van der Waals surface area (Å²) >= 11 is 1.36. The van der Waals surface area contributed by atoms with Gasteiger partial charge in [-0.05, 0) is 30.5 Å². The molecule has 0 radical (unpaired) electrons. The van der Waals surface area contributed by atoms with Crippen LogP contribution in [0.15, 0.2) is 42.5 Å². The van der Waals surface area contributed by atoms with Gasteiger partial charge in [0.1, 0.15) is 4.88 Å². The number of nitrogens with one attached hydrogen (secondary N) is 1. The summed E-state index contributed by atoms with van der Waals surface area (Å²) < 4.78 is 5.00. The zero-order valence-electron chi connectivity index (χ0n) is 12.7. The summed E-state index contributed by atoms with van der Waals surface area (Å²) in [6.45, 7) is 4.21. The highest BCUT2D eigenvalue weighted by Gasteiger charge is 2.13. The minimum atomic E-state index is -0.454. The fourth-order valence-corrected chi connectivity index (χ4v) is 2.73. The molecule has 0 aliphatic heterocycles. The average Bonchev–Trinajstić information content (AvgIpc) is 2.97. The number of carbonyl (C=O) groups is 2. The van der Waals surface area contributed by atoms with Crippen molar-refractivity contribution in [2.45, 2.75) is 19.8 Å². The van der Waals surface area contributed by atoms with Crippen molar-refractivity contribution in [2.75, 3.05) is 13.2 Å². The van der Waals surface area contributed by atoms with Crippen molar-refractivity contribution >= 4 is 23.2 Å². The number of ether oxygens (including phenoxy) is 1. The van der Waals surface area contributed by atoms with Gasteiger partial charge in [0.25, 0.3) is 5.91 Å². The lowest BCUT2D eigenvalue weighted by molar-refractivity contribution is -0.124. The molecule has 1 aromatic carbocycles. The predicted molar refractivity (Wildman–Crippen MR) is 87.2 cm³/mol. The molecule has 22 heavy (non-hydrogen) atoms. The molecular formula is C17H19NO3S. The summed E-state index contributed by atoms with van der Waals surface area (Å²) in [5.41, 5.74) is 1.16. The molecule has 0 saturated carbocycles. The van der Waals surface area contributed by atoms with Gasteiger partial charge in [0.2, 0.25) is 0 Å². The number of hydrogen-bond donors (Lipinski definition) is 1. The summed E-state index contributed by atoms with van der Waals surface area (Å²) in [4.78, 5) is 25.0. The fraction of sp³-hybridized carbons (Fsp3) is 0.294. The zero-order chi connectivity index (χ0) is 15.9. The lowest BCUT2D eigenvalue weighted by Gasteiger charge is -2.13. The van der Waals surface area contributed by atoms with E-state index in [2.05, 4.69) is 5.32 Å². The number of thiophene rings is 1. The van der Waals surface area contributed by atoms with E-state index in [0.717, 1.165) is 10.4 Å². The van der Waals surface area contributed by atoms with Gasteiger partial charge in [-0.3, -0.25) is 4.79 Å². The average molecular weight is 317 g/mol. The normalized spacial score (nSPS) is 11.7. The zero-order valence-corrected chi connectivity index (χ0v) is 13.5. The van der Waals surface area contributed by atoms with Gasteiger partial charge in [0, 0.05) is 11.4 Å². The van der Waals surface area contributed by atoms with Crippen molar-refractivity contribution in [2.24, 2.45) is 0 Å². The van der Waals surface area contributed by atoms with Crippen LogP contribution in [0.5, 0.6) is 0 Å². The first-order valence-electron chi connectivity index (χ1n) is 7.11. The van der Waals surface area contributed by atoms with Crippen molar-refractivity contribution in [3.05, 3.63) is 57.8 Å². The summed E-state index contributed by atoms with van der Waals surface area (Å²) in [6, 6.07) is 13.5. The van der Waals surface area contributed by atoms with Crippen LogP contribution in [-0.2, 0) is 9.53 Å². The molecule has 0 aliphatic carbocycles. The molecule has 0 saturated heterocycles. The Morgan fingerprint density at radius 1 is 1.18 bits per heavy atom. The third-order valence-corrected chi connectivity index (χ3v) is 4.23. The Labute approximate surface area is 134 Å². The van der Waals surface area contributed by atoms with Gasteiger partial charge in [0.15, 0.2) is 6.61 Å². The molecule has 5 heteroatoms. The fourth-order valence-electron chi connectivity index (χ4n) is 1.96. The highest BCUT2D eigenvalue weighted by atomic mass is 32.1. The minimum Gasteiger partial charge on any atom is -0.451 e. The number of amides is 1. The Hall–Kier alpha value is -2.14. The Bertz CT molecular complexity index is 636. The molecule has 0 spiro atoms. The van der Waals surface area contributed by atoms with E-state index in [1.54, 1.807) is 6.07 Å². The van der Waals surface area contributed by atoms with Gasteiger partial charge < -0.3 is 10.1 Å². The van der Waals surface area contributed by atoms with Gasteiger partial charge in [-0.15, -0.1) is 11.3 Å². The Kier molecular flexibility index (Phi) is 5.72. The van der Waals surface area contributed by atoms with Crippen LogP contribution in [0, 0.1) is 6.92 Å². The van der Waals surface area contributed by atoms with Crippen LogP contribution in [-0.4, -0.2) is 25.0 Å². The predicted octanol–water partition coefficient (Wildman–Crippen LogP) is 3.13. The second kappa shape index (κ2) is 7.75. The van der Waals surface area contributed by atoms with E-state index in [1.807, 2.05) is 50.2 Å². The molecule has 1 N–H and O–H groups in total. The van der Waals surface area contributed by atoms with E-state index in [4.69, 9.17) is 4.74 Å². The summed E-state index contributed by atoms with van der Waals surface area (Å²) in [6.07, 6.45) is 0. The monoisotopic (exact) mass is 317 g/mol. The van der Waals surface area contributed by atoms with Gasteiger partial charge in [0.05, 0.1) is 0 Å². The second-order valence-corrected chi connectivity index (χ2v) is 6.39. The van der Waals surface area contributed by atoms with Crippen LogP contribution in [0.1, 0.15) is 33.0 Å². The van der Waals surface area contributed by atoms with E-state index < -0.39 is 5.97 Å². The number of carbonyl (C=O) groups excluding carboxylic acids is 2. The molecule has 0 bridgehead atoms. The molecule has 1 heterocycles. The third-order valence-electron chi connectivity index (χ3n) is 3.25.